The Labute approximate surface area is 270 Å². The van der Waals surface area contributed by atoms with E-state index in [1.165, 1.54) is 12.3 Å². The van der Waals surface area contributed by atoms with Crippen molar-refractivity contribution in [3.05, 3.63) is 71.6 Å². The van der Waals surface area contributed by atoms with Crippen LogP contribution in [0.3, 0.4) is 0 Å². The number of anilines is 1. The van der Waals surface area contributed by atoms with Gasteiger partial charge in [-0.25, -0.2) is 9.18 Å². The number of hydrogen-bond acceptors (Lipinski definition) is 6. The second kappa shape index (κ2) is 13.3. The largest absolute Gasteiger partial charge is 0.508 e. The zero-order chi connectivity index (χ0) is 32.5. The number of carbonyl (C=O) groups excluding carboxylic acids is 1. The topological polar surface area (TPSA) is 80.6 Å². The molecule has 0 aliphatic carbocycles. The molecule has 0 spiro atoms. The van der Waals surface area contributed by atoms with Crippen molar-refractivity contribution < 1.29 is 19.0 Å². The van der Waals surface area contributed by atoms with E-state index in [1.54, 1.807) is 12.1 Å². The fourth-order valence-electron chi connectivity index (χ4n) is 6.40. The van der Waals surface area contributed by atoms with Crippen LogP contribution in [0.15, 0.2) is 60.2 Å². The molecule has 5 rings (SSSR count). The summed E-state index contributed by atoms with van der Waals surface area (Å²) in [5, 5.41) is 15.3. The minimum atomic E-state index is -0.588. The Balaban J connectivity index is 1.59. The molecule has 1 amide bonds. The number of aliphatic imine (C=N–C) groups is 1. The summed E-state index contributed by atoms with van der Waals surface area (Å²) < 4.78 is 22.6. The number of rotatable bonds is 8. The monoisotopic (exact) mass is 635 g/mol. The molecule has 2 aliphatic rings. The van der Waals surface area contributed by atoms with Crippen molar-refractivity contribution in [1.82, 2.24) is 14.7 Å². The van der Waals surface area contributed by atoms with Gasteiger partial charge in [0.1, 0.15) is 17.2 Å². The minimum Gasteiger partial charge on any atom is -0.508 e. The van der Waals surface area contributed by atoms with Gasteiger partial charge in [-0.1, -0.05) is 42.4 Å². The van der Waals surface area contributed by atoms with Crippen LogP contribution in [0.4, 0.5) is 14.9 Å². The van der Waals surface area contributed by atoms with E-state index in [1.807, 2.05) is 64.0 Å². The number of benzene rings is 3. The van der Waals surface area contributed by atoms with Gasteiger partial charge in [0.05, 0.1) is 22.8 Å². The van der Waals surface area contributed by atoms with Crippen molar-refractivity contribution in [3.8, 4) is 16.9 Å². The Morgan fingerprint density at radius 2 is 1.89 bits per heavy atom. The van der Waals surface area contributed by atoms with Gasteiger partial charge in [-0.05, 0) is 101 Å². The number of nitrogens with zero attached hydrogens (tertiary/aromatic N) is 4. The van der Waals surface area contributed by atoms with E-state index in [0.29, 0.717) is 36.6 Å². The molecule has 45 heavy (non-hydrogen) atoms. The van der Waals surface area contributed by atoms with Crippen molar-refractivity contribution in [2.24, 2.45) is 4.99 Å². The van der Waals surface area contributed by atoms with Crippen LogP contribution < -0.4 is 5.32 Å². The van der Waals surface area contributed by atoms with E-state index in [9.17, 15) is 9.90 Å². The van der Waals surface area contributed by atoms with Crippen LogP contribution in [0.25, 0.3) is 21.9 Å². The van der Waals surface area contributed by atoms with Gasteiger partial charge in [0, 0.05) is 30.8 Å². The van der Waals surface area contributed by atoms with Crippen LogP contribution in [0.2, 0.25) is 5.02 Å². The number of amidine groups is 1. The molecule has 0 radical (unpaired) electrons. The maximum Gasteiger partial charge on any atom is 0.410 e. The first-order chi connectivity index (χ1) is 21.4. The zero-order valence-corrected chi connectivity index (χ0v) is 27.5. The average Bonchev–Trinajstić information content (AvgIpc) is 3.23. The fourth-order valence-corrected chi connectivity index (χ4v) is 6.70. The number of likely N-dealkylation sites (tertiary alicyclic amines) is 1. The predicted molar refractivity (Wildman–Crippen MR) is 181 cm³/mol. The van der Waals surface area contributed by atoms with Gasteiger partial charge in [-0.15, -0.1) is 0 Å². The number of phenolic OH excluding ortho intramolecular Hbond substituents is 1. The molecule has 240 valence electrons. The van der Waals surface area contributed by atoms with Crippen LogP contribution in [0.5, 0.6) is 5.75 Å². The maximum atomic E-state index is 16.8. The van der Waals surface area contributed by atoms with Gasteiger partial charge in [-0.2, -0.15) is 0 Å². The number of halogens is 2. The highest BCUT2D eigenvalue weighted by molar-refractivity contribution is 6.34. The van der Waals surface area contributed by atoms with Crippen molar-refractivity contribution in [2.45, 2.75) is 57.7 Å². The molecule has 0 saturated carbocycles. The zero-order valence-electron chi connectivity index (χ0n) is 26.7. The Morgan fingerprint density at radius 1 is 1.20 bits per heavy atom. The second-order valence-corrected chi connectivity index (χ2v) is 13.5. The summed E-state index contributed by atoms with van der Waals surface area (Å²) in [7, 11) is 4.03. The van der Waals surface area contributed by atoms with E-state index >= 15 is 4.39 Å². The first-order valence-corrected chi connectivity index (χ1v) is 15.8. The standard InChI is InChI=1S/C35H43ClFN5O3/c1-7-38-32-28(19-29(36)30(31(32)37)27-18-25(43)17-22-11-8-9-12-26(22)27)33(39-15-10-16-40(5)6)41-20-23-13-14-24(21-41)42(23)34(44)45-35(2,3)4/h7-9,11-12,17-19,23-24,38,43H,1,10,13-16,20-21H2,2-6H3/b39-33+. The lowest BCUT2D eigenvalue weighted by molar-refractivity contribution is 0.00283. The van der Waals surface area contributed by atoms with E-state index in [0.717, 1.165) is 36.6 Å². The molecule has 2 saturated heterocycles. The molecule has 2 aliphatic heterocycles. The molecule has 2 bridgehead atoms. The normalized spacial score (nSPS) is 18.5. The van der Waals surface area contributed by atoms with E-state index in [2.05, 4.69) is 21.7 Å². The van der Waals surface area contributed by atoms with Crippen LogP contribution in [0, 0.1) is 5.82 Å². The smallest absolute Gasteiger partial charge is 0.410 e. The number of ether oxygens (including phenoxy) is 1. The number of carbonyl (C=O) groups is 1. The van der Waals surface area contributed by atoms with Gasteiger partial charge in [0.2, 0.25) is 0 Å². The number of amides is 1. The SMILES string of the molecule is C=CNc1c(/C(=N\CCCN(C)C)N2CC3CCC(C2)N3C(=O)OC(C)(C)C)cc(Cl)c(-c2cc(O)cc3ccccc23)c1F. The predicted octanol–water partition coefficient (Wildman–Crippen LogP) is 7.34. The Bertz CT molecular complexity index is 1610. The third-order valence-electron chi connectivity index (χ3n) is 8.23. The Hall–Kier alpha value is -3.82. The molecule has 3 aromatic carbocycles. The third kappa shape index (κ3) is 7.05. The van der Waals surface area contributed by atoms with Gasteiger partial charge >= 0.3 is 6.09 Å². The lowest BCUT2D eigenvalue weighted by Crippen LogP contribution is -2.58. The summed E-state index contributed by atoms with van der Waals surface area (Å²) in [6.45, 7) is 11.9. The van der Waals surface area contributed by atoms with E-state index in [4.69, 9.17) is 21.3 Å². The Morgan fingerprint density at radius 3 is 2.53 bits per heavy atom. The van der Waals surface area contributed by atoms with Gasteiger partial charge in [-0.3, -0.25) is 9.89 Å². The number of phenols is 1. The molecule has 0 aromatic heterocycles. The van der Waals surface area contributed by atoms with Crippen LogP contribution in [-0.2, 0) is 4.74 Å². The number of piperazine rings is 1. The maximum absolute atomic E-state index is 16.8. The highest BCUT2D eigenvalue weighted by atomic mass is 35.5. The molecule has 2 unspecified atom stereocenters. The first-order valence-electron chi connectivity index (χ1n) is 15.4. The number of aromatic hydroxyl groups is 1. The highest BCUT2D eigenvalue weighted by Crippen LogP contribution is 2.43. The molecule has 8 nitrogen and oxygen atoms in total. The average molecular weight is 636 g/mol. The van der Waals surface area contributed by atoms with Crippen molar-refractivity contribution >= 4 is 40.0 Å². The molecule has 2 atom stereocenters. The second-order valence-electron chi connectivity index (χ2n) is 13.1. The molecule has 10 heteroatoms. The number of fused-ring (bicyclic) bond motifs is 3. The highest BCUT2D eigenvalue weighted by Gasteiger charge is 2.45. The van der Waals surface area contributed by atoms with Crippen LogP contribution in [-0.4, -0.2) is 89.7 Å². The van der Waals surface area contributed by atoms with E-state index in [-0.39, 0.29) is 40.2 Å². The molecule has 2 heterocycles. The fraction of sp³-hybridized carbons (Fsp3) is 0.429. The van der Waals surface area contributed by atoms with Crippen LogP contribution in [0.1, 0.15) is 45.6 Å². The summed E-state index contributed by atoms with van der Waals surface area (Å²) in [6, 6.07) is 12.3. The molecular formula is C35H43ClFN5O3. The van der Waals surface area contributed by atoms with Gasteiger partial charge < -0.3 is 25.0 Å². The minimum absolute atomic E-state index is 0.0166. The summed E-state index contributed by atoms with van der Waals surface area (Å²) in [5.41, 5.74) is 0.791. The van der Waals surface area contributed by atoms with Gasteiger partial charge in [0.15, 0.2) is 5.82 Å². The summed E-state index contributed by atoms with van der Waals surface area (Å²) >= 11 is 6.95. The first kappa shape index (κ1) is 32.6. The van der Waals surface area contributed by atoms with Crippen molar-refractivity contribution in [2.75, 3.05) is 45.6 Å². The van der Waals surface area contributed by atoms with Crippen molar-refractivity contribution in [1.29, 1.82) is 0 Å². The third-order valence-corrected chi connectivity index (χ3v) is 8.53. The molecule has 3 aromatic rings. The Kier molecular flexibility index (Phi) is 9.60. The number of nitrogens with one attached hydrogen (secondary N) is 1. The lowest BCUT2D eigenvalue weighted by Gasteiger charge is -2.42. The van der Waals surface area contributed by atoms with E-state index < -0.39 is 11.4 Å². The molecular weight excluding hydrogens is 593 g/mol. The molecule has 2 N–H and O–H groups in total. The summed E-state index contributed by atoms with van der Waals surface area (Å²) in [5.74, 6) is 0.0689. The molecule has 2 fully saturated rings. The van der Waals surface area contributed by atoms with Gasteiger partial charge in [0.25, 0.3) is 0 Å². The summed E-state index contributed by atoms with van der Waals surface area (Å²) in [4.78, 5) is 24.3. The number of hydrogen-bond donors (Lipinski definition) is 2. The summed E-state index contributed by atoms with van der Waals surface area (Å²) in [6.07, 6.45) is 3.66. The van der Waals surface area contributed by atoms with Crippen LogP contribution >= 0.6 is 11.6 Å². The lowest BCUT2D eigenvalue weighted by atomic mass is 9.94. The quantitative estimate of drug-likeness (QED) is 0.153. The van der Waals surface area contributed by atoms with Crippen molar-refractivity contribution in [3.63, 3.8) is 0 Å².